The largest absolute Gasteiger partial charge is 0.495 e. The number of hydrogen-bond donors (Lipinski definition) is 1. The predicted octanol–water partition coefficient (Wildman–Crippen LogP) is 3.79. The summed E-state index contributed by atoms with van der Waals surface area (Å²) in [6.45, 7) is 5.56. The van der Waals surface area contributed by atoms with Gasteiger partial charge in [-0.05, 0) is 58.1 Å². The monoisotopic (exact) mass is 521 g/mol. The average Bonchev–Trinajstić information content (AvgIpc) is 3.42. The maximum Gasteiger partial charge on any atom is 0.253 e. The van der Waals surface area contributed by atoms with Crippen molar-refractivity contribution >= 4 is 16.6 Å². The quantitative estimate of drug-likeness (QED) is 0.348. The summed E-state index contributed by atoms with van der Waals surface area (Å²) in [5.41, 5.74) is 4.60. The van der Waals surface area contributed by atoms with Gasteiger partial charge < -0.3 is 14.6 Å². The number of pyridine rings is 1. The number of para-hydroxylation sites is 2. The smallest absolute Gasteiger partial charge is 0.253 e. The third-order valence-corrected chi connectivity index (χ3v) is 7.41. The summed E-state index contributed by atoms with van der Waals surface area (Å²) >= 11 is 0. The number of nitrogens with zero attached hydrogens (tertiary/aromatic N) is 6. The highest BCUT2D eigenvalue weighted by Gasteiger charge is 2.33. The number of methoxy groups -OCH3 is 1. The molecule has 0 unspecified atom stereocenters. The predicted molar refractivity (Wildman–Crippen MR) is 151 cm³/mol. The fourth-order valence-electron chi connectivity index (χ4n) is 5.42. The van der Waals surface area contributed by atoms with E-state index in [0.717, 1.165) is 59.6 Å². The first-order valence-corrected chi connectivity index (χ1v) is 13.2. The molecule has 9 nitrogen and oxygen atoms in total. The number of piperazine rings is 1. The number of anilines is 1. The Labute approximate surface area is 226 Å². The molecule has 1 atom stereocenters. The van der Waals surface area contributed by atoms with Gasteiger partial charge in [0, 0.05) is 37.3 Å². The first-order valence-electron chi connectivity index (χ1n) is 13.2. The van der Waals surface area contributed by atoms with Gasteiger partial charge in [-0.2, -0.15) is 0 Å². The van der Waals surface area contributed by atoms with Crippen molar-refractivity contribution < 1.29 is 4.74 Å². The lowest BCUT2D eigenvalue weighted by Gasteiger charge is -2.40. The van der Waals surface area contributed by atoms with E-state index in [2.05, 4.69) is 54.6 Å². The van der Waals surface area contributed by atoms with Gasteiger partial charge in [0.05, 0.1) is 19.3 Å². The summed E-state index contributed by atoms with van der Waals surface area (Å²) in [4.78, 5) is 21.3. The van der Waals surface area contributed by atoms with Gasteiger partial charge in [-0.3, -0.25) is 9.69 Å². The van der Waals surface area contributed by atoms with Crippen LogP contribution in [-0.4, -0.2) is 63.4 Å². The molecule has 6 rings (SSSR count). The zero-order valence-electron chi connectivity index (χ0n) is 22.1. The number of tetrazole rings is 1. The normalized spacial score (nSPS) is 15.0. The number of aromatic nitrogens is 5. The second kappa shape index (κ2) is 10.7. The Morgan fingerprint density at radius 3 is 2.51 bits per heavy atom. The van der Waals surface area contributed by atoms with Gasteiger partial charge in [-0.15, -0.1) is 5.10 Å². The molecule has 9 heteroatoms. The van der Waals surface area contributed by atoms with Gasteiger partial charge in [0.15, 0.2) is 5.82 Å². The molecule has 0 amide bonds. The molecule has 0 saturated carbocycles. The topological polar surface area (TPSA) is 92.2 Å². The molecule has 0 aliphatic carbocycles. The van der Waals surface area contributed by atoms with Gasteiger partial charge >= 0.3 is 0 Å². The summed E-state index contributed by atoms with van der Waals surface area (Å²) < 4.78 is 7.42. The van der Waals surface area contributed by atoms with Gasteiger partial charge in [-0.25, -0.2) is 4.68 Å². The van der Waals surface area contributed by atoms with Crippen molar-refractivity contribution in [2.45, 2.75) is 19.5 Å². The van der Waals surface area contributed by atoms with Gasteiger partial charge in [0.1, 0.15) is 11.8 Å². The molecule has 0 bridgehead atoms. The molecule has 1 fully saturated rings. The van der Waals surface area contributed by atoms with E-state index in [1.807, 2.05) is 66.2 Å². The van der Waals surface area contributed by atoms with Crippen LogP contribution in [0.15, 0.2) is 83.7 Å². The number of fused-ring (bicyclic) bond motifs is 1. The maximum atomic E-state index is 13.6. The Morgan fingerprint density at radius 2 is 1.72 bits per heavy atom. The zero-order chi connectivity index (χ0) is 26.8. The highest BCUT2D eigenvalue weighted by molar-refractivity contribution is 5.79. The summed E-state index contributed by atoms with van der Waals surface area (Å²) in [6.07, 6.45) is 0. The standard InChI is InChI=1S/C30H31N7O2/c1-21-12-13-23-19-24(30(38)31-25(23)18-21)28(29-32-33-34-37(29)20-22-8-4-3-5-9-22)36-16-14-35(15-17-36)26-10-6-7-11-27(26)39-2/h3-13,18-19,28H,14-17,20H2,1-2H3,(H,31,38)/t28-/m0/s1. The van der Waals surface area contributed by atoms with Crippen LogP contribution < -0.4 is 15.2 Å². The van der Waals surface area contributed by atoms with Crippen molar-refractivity contribution in [3.8, 4) is 5.75 Å². The van der Waals surface area contributed by atoms with Crippen LogP contribution in [0.3, 0.4) is 0 Å². The molecule has 0 spiro atoms. The van der Waals surface area contributed by atoms with Crippen LogP contribution in [0.25, 0.3) is 10.9 Å². The highest BCUT2D eigenvalue weighted by atomic mass is 16.5. The van der Waals surface area contributed by atoms with Crippen molar-refractivity contribution in [2.75, 3.05) is 38.2 Å². The summed E-state index contributed by atoms with van der Waals surface area (Å²) in [6, 6.07) is 25.9. The molecule has 198 valence electrons. The number of aromatic amines is 1. The van der Waals surface area contributed by atoms with Crippen molar-refractivity contribution in [3.05, 3.63) is 112 Å². The van der Waals surface area contributed by atoms with Gasteiger partial charge in [0.2, 0.25) is 0 Å². The van der Waals surface area contributed by atoms with Crippen LogP contribution in [0.1, 0.15) is 28.6 Å². The Hall–Kier alpha value is -4.50. The molecule has 1 saturated heterocycles. The van der Waals surface area contributed by atoms with E-state index in [1.165, 1.54) is 0 Å². The van der Waals surface area contributed by atoms with Gasteiger partial charge in [0.25, 0.3) is 5.56 Å². The number of rotatable bonds is 7. The maximum absolute atomic E-state index is 13.6. The second-order valence-corrected chi connectivity index (χ2v) is 9.92. The fourth-order valence-corrected chi connectivity index (χ4v) is 5.42. The lowest BCUT2D eigenvalue weighted by Crippen LogP contribution is -2.49. The fraction of sp³-hybridized carbons (Fsp3) is 0.267. The van der Waals surface area contributed by atoms with Crippen LogP contribution in [0.5, 0.6) is 5.75 Å². The number of aryl methyl sites for hydroxylation is 1. The van der Waals surface area contributed by atoms with Crippen molar-refractivity contribution in [3.63, 3.8) is 0 Å². The van der Waals surface area contributed by atoms with E-state index in [1.54, 1.807) is 7.11 Å². The highest BCUT2D eigenvalue weighted by Crippen LogP contribution is 2.32. The Kier molecular flexibility index (Phi) is 6.81. The van der Waals surface area contributed by atoms with E-state index in [-0.39, 0.29) is 5.56 Å². The Morgan fingerprint density at radius 1 is 0.949 bits per heavy atom. The summed E-state index contributed by atoms with van der Waals surface area (Å²) in [5, 5.41) is 13.8. The van der Waals surface area contributed by atoms with Crippen LogP contribution >= 0.6 is 0 Å². The minimum Gasteiger partial charge on any atom is -0.495 e. The van der Waals surface area contributed by atoms with Crippen LogP contribution in [0, 0.1) is 6.92 Å². The molecule has 3 heterocycles. The molecule has 1 aliphatic heterocycles. The number of nitrogens with one attached hydrogen (secondary N) is 1. The summed E-state index contributed by atoms with van der Waals surface area (Å²) in [7, 11) is 1.70. The average molecular weight is 522 g/mol. The van der Waals surface area contributed by atoms with Crippen LogP contribution in [0.2, 0.25) is 0 Å². The SMILES string of the molecule is COc1ccccc1N1CCN([C@@H](c2cc3ccc(C)cc3[nH]c2=O)c2nnnn2Cc2ccccc2)CC1. The van der Waals surface area contributed by atoms with E-state index in [4.69, 9.17) is 4.74 Å². The third kappa shape index (κ3) is 5.00. The van der Waals surface area contributed by atoms with E-state index < -0.39 is 6.04 Å². The van der Waals surface area contributed by atoms with Gasteiger partial charge in [-0.1, -0.05) is 54.6 Å². The minimum absolute atomic E-state index is 0.125. The molecule has 0 radical (unpaired) electrons. The molecule has 1 aliphatic rings. The van der Waals surface area contributed by atoms with E-state index in [9.17, 15) is 4.79 Å². The number of ether oxygens (including phenoxy) is 1. The van der Waals surface area contributed by atoms with Crippen LogP contribution in [-0.2, 0) is 6.54 Å². The van der Waals surface area contributed by atoms with E-state index in [0.29, 0.717) is 17.9 Å². The Balaban J connectivity index is 1.38. The number of benzene rings is 3. The molecule has 39 heavy (non-hydrogen) atoms. The summed E-state index contributed by atoms with van der Waals surface area (Å²) in [5.74, 6) is 1.51. The molecular weight excluding hydrogens is 490 g/mol. The lowest BCUT2D eigenvalue weighted by molar-refractivity contribution is 0.200. The minimum atomic E-state index is -0.405. The lowest BCUT2D eigenvalue weighted by atomic mass is 10.0. The number of hydrogen-bond acceptors (Lipinski definition) is 7. The third-order valence-electron chi connectivity index (χ3n) is 7.41. The molecule has 2 aromatic heterocycles. The van der Waals surface area contributed by atoms with Crippen LogP contribution in [0.4, 0.5) is 5.69 Å². The molecule has 1 N–H and O–H groups in total. The molecule has 3 aromatic carbocycles. The first-order chi connectivity index (χ1) is 19.1. The Bertz CT molecular complexity index is 1640. The van der Waals surface area contributed by atoms with Crippen molar-refractivity contribution in [2.24, 2.45) is 0 Å². The van der Waals surface area contributed by atoms with Crippen molar-refractivity contribution in [1.82, 2.24) is 30.1 Å². The number of H-pyrrole nitrogens is 1. The van der Waals surface area contributed by atoms with Crippen molar-refractivity contribution in [1.29, 1.82) is 0 Å². The molecular formula is C30H31N7O2. The zero-order valence-corrected chi connectivity index (χ0v) is 22.1. The van der Waals surface area contributed by atoms with E-state index >= 15 is 0 Å². The molecule has 5 aromatic rings. The second-order valence-electron chi connectivity index (χ2n) is 9.92. The first kappa shape index (κ1) is 24.8.